The summed E-state index contributed by atoms with van der Waals surface area (Å²) < 4.78 is 5.41. The fourth-order valence-corrected chi connectivity index (χ4v) is 7.25. The number of methoxy groups -OCH3 is 1. The molecule has 132 valence electrons. The fourth-order valence-electron chi connectivity index (χ4n) is 7.25. The molecule has 0 bridgehead atoms. The Balaban J connectivity index is 1.63. The van der Waals surface area contributed by atoms with Crippen molar-refractivity contribution in [1.82, 2.24) is 0 Å². The zero-order valence-electron chi connectivity index (χ0n) is 15.1. The minimum Gasteiger partial charge on any atom is -0.497 e. The molecule has 3 nitrogen and oxygen atoms in total. The summed E-state index contributed by atoms with van der Waals surface area (Å²) in [5.41, 5.74) is 2.52. The molecule has 1 aromatic carbocycles. The summed E-state index contributed by atoms with van der Waals surface area (Å²) in [6.45, 7) is 2.19. The summed E-state index contributed by atoms with van der Waals surface area (Å²) in [4.78, 5) is 25.5. The molecule has 25 heavy (non-hydrogen) atoms. The van der Waals surface area contributed by atoms with Gasteiger partial charge in [0.2, 0.25) is 0 Å². The zero-order chi connectivity index (χ0) is 17.4. The average Bonchev–Trinajstić information content (AvgIpc) is 3.07. The lowest BCUT2D eigenvalue weighted by atomic mass is 9.46. The van der Waals surface area contributed by atoms with Crippen LogP contribution in [-0.2, 0) is 16.0 Å². The van der Waals surface area contributed by atoms with Crippen LogP contribution >= 0.6 is 0 Å². The summed E-state index contributed by atoms with van der Waals surface area (Å²) >= 11 is 0. The van der Waals surface area contributed by atoms with Gasteiger partial charge in [-0.05, 0) is 72.6 Å². The third kappa shape index (κ3) is 1.72. The number of benzene rings is 1. The molecular formula is C22H26O3. The highest BCUT2D eigenvalue weighted by Crippen LogP contribution is 2.72. The number of Topliss-reactive ketones (excluding diaryl/α,β-unsaturated/α-hetero) is 2. The number of hydrogen-bond acceptors (Lipinski definition) is 3. The van der Waals surface area contributed by atoms with E-state index in [-0.39, 0.29) is 16.7 Å². The van der Waals surface area contributed by atoms with Crippen LogP contribution in [0.1, 0.15) is 62.5 Å². The lowest BCUT2D eigenvalue weighted by Gasteiger charge is -2.56. The van der Waals surface area contributed by atoms with Crippen molar-refractivity contribution in [2.24, 2.45) is 22.7 Å². The van der Waals surface area contributed by atoms with Crippen molar-refractivity contribution < 1.29 is 14.3 Å². The molecular weight excluding hydrogens is 312 g/mol. The van der Waals surface area contributed by atoms with Gasteiger partial charge < -0.3 is 4.74 Å². The standard InChI is InChI=1S/C22H26O3/c1-21-9-7-16-15-5-4-14(25-2)11-13(15)3-6-17(16)22(21)10-8-19(23)18(22)12-20(21)24/h4-5,11,16-18H,3,6-10,12H2,1-2H3/t16-,17-,18+,21-,22+/m1/s1. The SMILES string of the molecule is COc1ccc2c(c1)CC[C@@H]1[C@@H]2CC[C@]2(C)C(=O)C[C@H]3C(=O)CC[C@]132. The van der Waals surface area contributed by atoms with Crippen LogP contribution in [0, 0.1) is 22.7 Å². The van der Waals surface area contributed by atoms with Crippen LogP contribution in [-0.4, -0.2) is 18.7 Å². The van der Waals surface area contributed by atoms with E-state index in [4.69, 9.17) is 4.74 Å². The lowest BCUT2D eigenvalue weighted by molar-refractivity contribution is -0.138. The first-order valence-corrected chi connectivity index (χ1v) is 9.74. The molecule has 0 radical (unpaired) electrons. The maximum absolute atomic E-state index is 12.9. The van der Waals surface area contributed by atoms with Crippen molar-refractivity contribution in [2.75, 3.05) is 7.11 Å². The Morgan fingerprint density at radius 2 is 1.96 bits per heavy atom. The molecule has 0 heterocycles. The van der Waals surface area contributed by atoms with Crippen molar-refractivity contribution >= 4 is 11.6 Å². The monoisotopic (exact) mass is 338 g/mol. The first-order chi connectivity index (χ1) is 12.0. The minimum atomic E-state index is -0.269. The van der Waals surface area contributed by atoms with Crippen LogP contribution in [0.2, 0.25) is 0 Å². The van der Waals surface area contributed by atoms with Crippen molar-refractivity contribution in [3.05, 3.63) is 29.3 Å². The Labute approximate surface area is 149 Å². The molecule has 0 aliphatic heterocycles. The number of fused-ring (bicyclic) bond motifs is 3. The van der Waals surface area contributed by atoms with Crippen LogP contribution in [0.15, 0.2) is 18.2 Å². The van der Waals surface area contributed by atoms with Gasteiger partial charge in [-0.3, -0.25) is 9.59 Å². The van der Waals surface area contributed by atoms with E-state index in [9.17, 15) is 9.59 Å². The van der Waals surface area contributed by atoms with Crippen molar-refractivity contribution in [3.63, 3.8) is 0 Å². The Hall–Kier alpha value is -1.64. The lowest BCUT2D eigenvalue weighted by Crippen LogP contribution is -2.52. The van der Waals surface area contributed by atoms with Gasteiger partial charge in [-0.2, -0.15) is 0 Å². The van der Waals surface area contributed by atoms with E-state index in [1.165, 1.54) is 11.1 Å². The van der Waals surface area contributed by atoms with Gasteiger partial charge in [0, 0.05) is 24.2 Å². The van der Waals surface area contributed by atoms with Crippen molar-refractivity contribution in [3.8, 4) is 5.75 Å². The second-order valence-corrected chi connectivity index (χ2v) is 8.87. The molecule has 0 aromatic heterocycles. The molecule has 1 aromatic rings. The molecule has 0 N–H and O–H groups in total. The predicted octanol–water partition coefficient (Wildman–Crippen LogP) is 4.08. The van der Waals surface area contributed by atoms with Gasteiger partial charge in [0.25, 0.3) is 0 Å². The molecule has 4 aliphatic rings. The molecule has 3 saturated carbocycles. The zero-order valence-corrected chi connectivity index (χ0v) is 15.1. The van der Waals surface area contributed by atoms with Crippen molar-refractivity contribution in [1.29, 1.82) is 0 Å². The van der Waals surface area contributed by atoms with E-state index in [0.29, 0.717) is 36.2 Å². The van der Waals surface area contributed by atoms with Crippen LogP contribution < -0.4 is 4.74 Å². The maximum atomic E-state index is 12.9. The molecule has 1 spiro atoms. The average molecular weight is 338 g/mol. The Morgan fingerprint density at radius 1 is 1.12 bits per heavy atom. The fraction of sp³-hybridized carbons (Fsp3) is 0.636. The third-order valence-electron chi connectivity index (χ3n) is 8.40. The second kappa shape index (κ2) is 4.96. The van der Waals surface area contributed by atoms with Crippen LogP contribution in [0.5, 0.6) is 5.75 Å². The number of hydrogen-bond donors (Lipinski definition) is 0. The smallest absolute Gasteiger partial charge is 0.140 e. The molecule has 0 saturated heterocycles. The summed E-state index contributed by atoms with van der Waals surface area (Å²) in [6, 6.07) is 6.50. The summed E-state index contributed by atoms with van der Waals surface area (Å²) in [5, 5.41) is 0. The number of aryl methyl sites for hydroxylation is 1. The molecule has 0 amide bonds. The van der Waals surface area contributed by atoms with E-state index in [0.717, 1.165) is 37.9 Å². The van der Waals surface area contributed by atoms with Gasteiger partial charge in [-0.1, -0.05) is 13.0 Å². The number of ketones is 2. The van der Waals surface area contributed by atoms with Gasteiger partial charge in [-0.15, -0.1) is 0 Å². The minimum absolute atomic E-state index is 0.00222. The first kappa shape index (κ1) is 15.6. The molecule has 5 atom stereocenters. The highest BCUT2D eigenvalue weighted by molar-refractivity contribution is 5.98. The number of ether oxygens (including phenoxy) is 1. The van der Waals surface area contributed by atoms with E-state index in [1.807, 2.05) is 0 Å². The van der Waals surface area contributed by atoms with Crippen LogP contribution in [0.25, 0.3) is 0 Å². The third-order valence-corrected chi connectivity index (χ3v) is 8.40. The molecule has 5 rings (SSSR count). The predicted molar refractivity (Wildman–Crippen MR) is 94.7 cm³/mol. The summed E-state index contributed by atoms with van der Waals surface area (Å²) in [5.74, 6) is 2.64. The van der Waals surface area contributed by atoms with Gasteiger partial charge in [0.1, 0.15) is 17.3 Å². The number of rotatable bonds is 1. The Bertz CT molecular complexity index is 781. The van der Waals surface area contributed by atoms with Gasteiger partial charge in [-0.25, -0.2) is 0 Å². The summed E-state index contributed by atoms with van der Waals surface area (Å²) in [7, 11) is 1.72. The van der Waals surface area contributed by atoms with Crippen molar-refractivity contribution in [2.45, 2.75) is 57.8 Å². The van der Waals surface area contributed by atoms with E-state index in [1.54, 1.807) is 7.11 Å². The molecule has 0 unspecified atom stereocenters. The van der Waals surface area contributed by atoms with Crippen LogP contribution in [0.3, 0.4) is 0 Å². The van der Waals surface area contributed by atoms with Gasteiger partial charge >= 0.3 is 0 Å². The molecule has 3 fully saturated rings. The highest BCUT2D eigenvalue weighted by Gasteiger charge is 2.71. The van der Waals surface area contributed by atoms with Crippen LogP contribution in [0.4, 0.5) is 0 Å². The number of carbonyl (C=O) groups is 2. The topological polar surface area (TPSA) is 43.4 Å². The Morgan fingerprint density at radius 3 is 2.76 bits per heavy atom. The summed E-state index contributed by atoms with van der Waals surface area (Å²) in [6.07, 6.45) is 6.31. The molecule has 3 heteroatoms. The highest BCUT2D eigenvalue weighted by atomic mass is 16.5. The number of carbonyl (C=O) groups excluding carboxylic acids is 2. The quantitative estimate of drug-likeness (QED) is 0.775. The Kier molecular flexibility index (Phi) is 3.09. The van der Waals surface area contributed by atoms with E-state index >= 15 is 0 Å². The normalized spacial score (nSPS) is 41.8. The maximum Gasteiger partial charge on any atom is 0.140 e. The second-order valence-electron chi connectivity index (χ2n) is 8.87. The first-order valence-electron chi connectivity index (χ1n) is 9.74. The van der Waals surface area contributed by atoms with Gasteiger partial charge in [0.05, 0.1) is 7.11 Å². The van der Waals surface area contributed by atoms with Gasteiger partial charge in [0.15, 0.2) is 0 Å². The van der Waals surface area contributed by atoms with E-state index < -0.39 is 0 Å². The molecule has 4 aliphatic carbocycles. The van der Waals surface area contributed by atoms with E-state index in [2.05, 4.69) is 25.1 Å². The largest absolute Gasteiger partial charge is 0.497 e.